The predicted octanol–water partition coefficient (Wildman–Crippen LogP) is 4.62. The molecule has 0 radical (unpaired) electrons. The van der Waals surface area contributed by atoms with E-state index < -0.39 is 23.3 Å². The van der Waals surface area contributed by atoms with Gasteiger partial charge in [-0.15, -0.1) is 0 Å². The van der Waals surface area contributed by atoms with Gasteiger partial charge in [-0.25, -0.2) is 4.79 Å². The number of nitrogens with zero attached hydrogens (tertiary/aromatic N) is 2. The lowest BCUT2D eigenvalue weighted by Gasteiger charge is -2.27. The van der Waals surface area contributed by atoms with Gasteiger partial charge in [-0.2, -0.15) is 5.10 Å². The third-order valence-electron chi connectivity index (χ3n) is 4.60. The fourth-order valence-corrected chi connectivity index (χ4v) is 3.54. The minimum Gasteiger partial charge on any atom is -0.480 e. The van der Waals surface area contributed by atoms with Gasteiger partial charge in [-0.05, 0) is 29.2 Å². The smallest absolute Gasteiger partial charge is 0.326 e. The first-order valence-electron chi connectivity index (χ1n) is 9.01. The molecule has 0 saturated carbocycles. The van der Waals surface area contributed by atoms with Crippen molar-refractivity contribution in [2.45, 2.75) is 33.4 Å². The Kier molecular flexibility index (Phi) is 5.87. The summed E-state index contributed by atoms with van der Waals surface area (Å²) >= 11 is 12.2. The second kappa shape index (κ2) is 8.05. The van der Waals surface area contributed by atoms with Crippen molar-refractivity contribution >= 4 is 46.0 Å². The molecular weight excluding hydrogens is 413 g/mol. The second-order valence-corrected chi connectivity index (χ2v) is 8.71. The molecule has 0 aliphatic rings. The number of carbonyl (C=O) groups excluding carboxylic acids is 1. The number of aliphatic carboxylic acids is 1. The number of benzene rings is 2. The zero-order valence-corrected chi connectivity index (χ0v) is 17.8. The molecule has 0 bridgehead atoms. The lowest BCUT2D eigenvalue weighted by molar-refractivity contribution is -0.142. The third-order valence-corrected chi connectivity index (χ3v) is 5.18. The molecule has 1 heterocycles. The molecule has 0 fully saturated rings. The Balaban J connectivity index is 1.99. The van der Waals surface area contributed by atoms with E-state index in [1.54, 1.807) is 55.8 Å². The molecular formula is C21H21Cl2N3O3. The van der Waals surface area contributed by atoms with E-state index in [1.807, 2.05) is 12.1 Å². The highest BCUT2D eigenvalue weighted by Crippen LogP contribution is 2.25. The summed E-state index contributed by atoms with van der Waals surface area (Å²) in [5.74, 6) is -1.63. The molecule has 29 heavy (non-hydrogen) atoms. The van der Waals surface area contributed by atoms with Crippen LogP contribution in [0.2, 0.25) is 10.0 Å². The Morgan fingerprint density at radius 1 is 1.17 bits per heavy atom. The molecule has 0 aliphatic heterocycles. The fourth-order valence-electron chi connectivity index (χ4n) is 3.08. The molecule has 152 valence electrons. The van der Waals surface area contributed by atoms with Crippen molar-refractivity contribution in [1.29, 1.82) is 0 Å². The van der Waals surface area contributed by atoms with Crippen molar-refractivity contribution in [2.24, 2.45) is 5.41 Å². The first kappa shape index (κ1) is 21.1. The Morgan fingerprint density at radius 2 is 1.86 bits per heavy atom. The van der Waals surface area contributed by atoms with E-state index in [4.69, 9.17) is 23.2 Å². The van der Waals surface area contributed by atoms with Gasteiger partial charge in [0.1, 0.15) is 6.04 Å². The number of hydrogen-bond donors (Lipinski definition) is 2. The number of nitrogens with one attached hydrogen (secondary N) is 1. The number of rotatable bonds is 5. The van der Waals surface area contributed by atoms with Crippen molar-refractivity contribution in [3.63, 3.8) is 0 Å². The molecule has 1 aromatic heterocycles. The zero-order chi connectivity index (χ0) is 21.3. The van der Waals surface area contributed by atoms with E-state index in [1.165, 1.54) is 0 Å². The van der Waals surface area contributed by atoms with Gasteiger partial charge in [0.2, 0.25) is 0 Å². The minimum absolute atomic E-state index is 0.168. The van der Waals surface area contributed by atoms with E-state index in [0.717, 1.165) is 11.1 Å². The highest BCUT2D eigenvalue weighted by Gasteiger charge is 2.33. The number of halogens is 2. The SMILES string of the molecule is CC(C)(C)[C@H](NC(=O)c1nn(Cc2ccc(Cl)cc2Cl)c2ccccc12)C(=O)O. The van der Waals surface area contributed by atoms with E-state index in [0.29, 0.717) is 22.0 Å². The van der Waals surface area contributed by atoms with Crippen LogP contribution in [0, 0.1) is 5.41 Å². The second-order valence-electron chi connectivity index (χ2n) is 7.87. The van der Waals surface area contributed by atoms with Gasteiger partial charge in [0.25, 0.3) is 5.91 Å². The van der Waals surface area contributed by atoms with Crippen LogP contribution in [0.1, 0.15) is 36.8 Å². The molecule has 1 amide bonds. The number of carboxylic acid groups (broad SMARTS) is 1. The predicted molar refractivity (Wildman–Crippen MR) is 114 cm³/mol. The summed E-state index contributed by atoms with van der Waals surface area (Å²) in [6.45, 7) is 5.60. The Bertz CT molecular complexity index is 1090. The molecule has 2 aromatic carbocycles. The van der Waals surface area contributed by atoms with Gasteiger partial charge in [-0.1, -0.05) is 68.2 Å². The largest absolute Gasteiger partial charge is 0.480 e. The number of fused-ring (bicyclic) bond motifs is 1. The van der Waals surface area contributed by atoms with Gasteiger partial charge in [0, 0.05) is 15.4 Å². The minimum atomic E-state index is -1.09. The zero-order valence-electron chi connectivity index (χ0n) is 16.2. The molecule has 3 rings (SSSR count). The van der Waals surface area contributed by atoms with Crippen molar-refractivity contribution in [3.05, 3.63) is 63.8 Å². The molecule has 3 aromatic rings. The van der Waals surface area contributed by atoms with Crippen LogP contribution in [0.5, 0.6) is 0 Å². The van der Waals surface area contributed by atoms with Crippen LogP contribution in [0.15, 0.2) is 42.5 Å². The maximum Gasteiger partial charge on any atom is 0.326 e. The first-order chi connectivity index (χ1) is 13.6. The summed E-state index contributed by atoms with van der Waals surface area (Å²) in [5.41, 5.74) is 1.05. The van der Waals surface area contributed by atoms with Crippen molar-refractivity contribution < 1.29 is 14.7 Å². The van der Waals surface area contributed by atoms with Gasteiger partial charge in [0.15, 0.2) is 5.69 Å². The topological polar surface area (TPSA) is 84.2 Å². The van der Waals surface area contributed by atoms with Gasteiger partial charge in [-0.3, -0.25) is 9.48 Å². The van der Waals surface area contributed by atoms with Gasteiger partial charge >= 0.3 is 5.97 Å². The highest BCUT2D eigenvalue weighted by molar-refractivity contribution is 6.35. The summed E-state index contributed by atoms with van der Waals surface area (Å²) in [5, 5.41) is 18.2. The molecule has 1 atom stereocenters. The lowest BCUT2D eigenvalue weighted by atomic mass is 9.86. The maximum absolute atomic E-state index is 12.9. The third kappa shape index (κ3) is 4.54. The van der Waals surface area contributed by atoms with Crippen molar-refractivity contribution in [2.75, 3.05) is 0 Å². The van der Waals surface area contributed by atoms with Crippen LogP contribution in [0.4, 0.5) is 0 Å². The Hall–Kier alpha value is -2.57. The summed E-state index contributed by atoms with van der Waals surface area (Å²) in [7, 11) is 0. The van der Waals surface area contributed by atoms with Crippen molar-refractivity contribution in [3.8, 4) is 0 Å². The molecule has 0 unspecified atom stereocenters. The number of carbonyl (C=O) groups is 2. The maximum atomic E-state index is 12.9. The van der Waals surface area contributed by atoms with Crippen LogP contribution < -0.4 is 5.32 Å². The number of hydrogen-bond acceptors (Lipinski definition) is 3. The summed E-state index contributed by atoms with van der Waals surface area (Å²) in [6, 6.07) is 11.4. The van der Waals surface area contributed by atoms with Crippen LogP contribution in [0.25, 0.3) is 10.9 Å². The van der Waals surface area contributed by atoms with E-state index >= 15 is 0 Å². The summed E-state index contributed by atoms with van der Waals surface area (Å²) in [6.07, 6.45) is 0. The Labute approximate surface area is 178 Å². The Morgan fingerprint density at radius 3 is 2.48 bits per heavy atom. The highest BCUT2D eigenvalue weighted by atomic mass is 35.5. The van der Waals surface area contributed by atoms with Crippen LogP contribution in [-0.2, 0) is 11.3 Å². The lowest BCUT2D eigenvalue weighted by Crippen LogP contribution is -2.49. The quantitative estimate of drug-likeness (QED) is 0.614. The fraction of sp³-hybridized carbons (Fsp3) is 0.286. The average Bonchev–Trinajstić information content (AvgIpc) is 2.99. The van der Waals surface area contributed by atoms with Gasteiger partial charge < -0.3 is 10.4 Å². The number of aromatic nitrogens is 2. The molecule has 6 nitrogen and oxygen atoms in total. The summed E-state index contributed by atoms with van der Waals surface area (Å²) < 4.78 is 1.67. The van der Waals surface area contributed by atoms with Crippen LogP contribution in [0.3, 0.4) is 0 Å². The number of carboxylic acids is 1. The normalized spacial score (nSPS) is 12.7. The molecule has 0 aliphatic carbocycles. The number of amides is 1. The van der Waals surface area contributed by atoms with Crippen LogP contribution >= 0.6 is 23.2 Å². The van der Waals surface area contributed by atoms with E-state index in [2.05, 4.69) is 10.4 Å². The molecule has 0 saturated heterocycles. The first-order valence-corrected chi connectivity index (χ1v) is 9.76. The van der Waals surface area contributed by atoms with Crippen molar-refractivity contribution in [1.82, 2.24) is 15.1 Å². The monoisotopic (exact) mass is 433 g/mol. The van der Waals surface area contributed by atoms with Gasteiger partial charge in [0.05, 0.1) is 12.1 Å². The molecule has 8 heteroatoms. The number of para-hydroxylation sites is 1. The standard InChI is InChI=1S/C21H21Cl2N3O3/c1-21(2,3)18(20(28)29)24-19(27)17-14-6-4-5-7-16(14)26(25-17)11-12-8-9-13(22)10-15(12)23/h4-10,18H,11H2,1-3H3,(H,24,27)(H,28,29)/t18-/m1/s1. The van der Waals surface area contributed by atoms with E-state index in [-0.39, 0.29) is 5.69 Å². The van der Waals surface area contributed by atoms with E-state index in [9.17, 15) is 14.7 Å². The molecule has 2 N–H and O–H groups in total. The molecule has 0 spiro atoms. The average molecular weight is 434 g/mol. The summed E-state index contributed by atoms with van der Waals surface area (Å²) in [4.78, 5) is 24.5. The van der Waals surface area contributed by atoms with Crippen LogP contribution in [-0.4, -0.2) is 32.8 Å².